The molecular weight excluding hydrogens is 223 g/mol. The molecule has 0 spiro atoms. The molecule has 1 aliphatic heterocycles. The predicted molar refractivity (Wildman–Crippen MR) is 68.7 cm³/mol. The molecule has 1 rings (SSSR count). The highest BCUT2D eigenvalue weighted by molar-refractivity contribution is 8.37. The lowest BCUT2D eigenvalue weighted by Crippen LogP contribution is -2.28. The summed E-state index contributed by atoms with van der Waals surface area (Å²) in [7, 11) is 0.250. The first kappa shape index (κ1) is 11.6. The molecule has 0 N–H and O–H groups in total. The van der Waals surface area contributed by atoms with Crippen LogP contribution in [0.25, 0.3) is 0 Å². The second-order valence-electron chi connectivity index (χ2n) is 4.23. The van der Waals surface area contributed by atoms with Gasteiger partial charge in [0, 0.05) is 11.5 Å². The third-order valence-electron chi connectivity index (χ3n) is 2.26. The minimum Gasteiger partial charge on any atom is -0.559 e. The van der Waals surface area contributed by atoms with E-state index in [1.54, 1.807) is 0 Å². The van der Waals surface area contributed by atoms with Crippen LogP contribution in [0.5, 0.6) is 0 Å². The largest absolute Gasteiger partial charge is 0.559 e. The molecule has 0 nitrogen and oxygen atoms in total. The summed E-state index contributed by atoms with van der Waals surface area (Å²) >= 11 is 9.33. The van der Waals surface area contributed by atoms with E-state index in [1.165, 1.54) is 11.5 Å². The Labute approximate surface area is 91.4 Å². The standard InChI is InChI=1S/C8H17PS3/c1-8(2,3)6-4-11-7(9-10)12-5-6/h6-7H,4-5,9H2,1-3H3. The van der Waals surface area contributed by atoms with Crippen molar-refractivity contribution in [3.05, 3.63) is 0 Å². The van der Waals surface area contributed by atoms with Gasteiger partial charge in [0.2, 0.25) is 0 Å². The Morgan fingerprint density at radius 1 is 1.25 bits per heavy atom. The Morgan fingerprint density at radius 2 is 1.75 bits per heavy atom. The molecule has 1 heterocycles. The summed E-state index contributed by atoms with van der Waals surface area (Å²) in [6.07, 6.45) is 0. The molecule has 0 amide bonds. The van der Waals surface area contributed by atoms with Crippen LogP contribution in [-0.4, -0.2) is 15.8 Å². The van der Waals surface area contributed by atoms with E-state index in [0.717, 1.165) is 10.2 Å². The normalized spacial score (nSPS) is 33.0. The maximum absolute atomic E-state index is 5.15. The monoisotopic (exact) mass is 240 g/mol. The van der Waals surface area contributed by atoms with Crippen molar-refractivity contribution in [1.29, 1.82) is 0 Å². The molecule has 0 bridgehead atoms. The van der Waals surface area contributed by atoms with Crippen LogP contribution in [0.1, 0.15) is 20.8 Å². The molecular formula is C8H17PS3. The fraction of sp³-hybridized carbons (Fsp3) is 1.00. The van der Waals surface area contributed by atoms with E-state index in [4.69, 9.17) is 12.2 Å². The zero-order chi connectivity index (χ0) is 9.19. The van der Waals surface area contributed by atoms with E-state index >= 15 is 0 Å². The molecule has 72 valence electrons. The highest BCUT2D eigenvalue weighted by atomic mass is 32.7. The summed E-state index contributed by atoms with van der Waals surface area (Å²) < 4.78 is 0.776. The average molecular weight is 240 g/mol. The minimum atomic E-state index is 0.250. The Bertz CT molecular complexity index is 136. The van der Waals surface area contributed by atoms with Crippen molar-refractivity contribution in [1.82, 2.24) is 0 Å². The van der Waals surface area contributed by atoms with Crippen LogP contribution in [0, 0.1) is 11.3 Å². The summed E-state index contributed by atoms with van der Waals surface area (Å²) in [5.41, 5.74) is 0.488. The first-order valence-electron chi connectivity index (χ1n) is 4.22. The molecule has 0 aromatic heterocycles. The smallest absolute Gasteiger partial charge is 0.135 e. The Morgan fingerprint density at radius 3 is 2.08 bits per heavy atom. The maximum atomic E-state index is 5.15. The van der Waals surface area contributed by atoms with Crippen molar-refractivity contribution in [3.63, 3.8) is 0 Å². The second kappa shape index (κ2) is 4.82. The zero-order valence-electron chi connectivity index (χ0n) is 7.87. The van der Waals surface area contributed by atoms with Crippen LogP contribution in [0.2, 0.25) is 0 Å². The Balaban J connectivity index is 2.36. The van der Waals surface area contributed by atoms with E-state index in [2.05, 4.69) is 44.3 Å². The predicted octanol–water partition coefficient (Wildman–Crippen LogP) is 3.29. The van der Waals surface area contributed by atoms with Crippen LogP contribution in [0.4, 0.5) is 0 Å². The van der Waals surface area contributed by atoms with Crippen LogP contribution in [0.15, 0.2) is 0 Å². The van der Waals surface area contributed by atoms with Crippen molar-refractivity contribution in [2.45, 2.75) is 25.1 Å². The maximum Gasteiger partial charge on any atom is 0.135 e. The summed E-state index contributed by atoms with van der Waals surface area (Å²) in [4.78, 5) is 0. The van der Waals surface area contributed by atoms with Gasteiger partial charge in [0.25, 0.3) is 0 Å². The average Bonchev–Trinajstić information content (AvgIpc) is 2.03. The van der Waals surface area contributed by atoms with Crippen LogP contribution < -0.4 is 0 Å². The molecule has 12 heavy (non-hydrogen) atoms. The lowest BCUT2D eigenvalue weighted by molar-refractivity contribution is 0.293. The fourth-order valence-electron chi connectivity index (χ4n) is 1.10. The third kappa shape index (κ3) is 3.32. The highest BCUT2D eigenvalue weighted by Gasteiger charge is 2.30. The molecule has 1 unspecified atom stereocenters. The first-order valence-corrected chi connectivity index (χ1v) is 8.87. The second-order valence-corrected chi connectivity index (χ2v) is 9.60. The van der Waals surface area contributed by atoms with Gasteiger partial charge in [-0.25, -0.2) is 0 Å². The molecule has 1 aliphatic rings. The van der Waals surface area contributed by atoms with Gasteiger partial charge in [-0.15, -0.1) is 31.3 Å². The molecule has 0 saturated carbocycles. The molecule has 0 radical (unpaired) electrons. The number of hydrogen-bond acceptors (Lipinski definition) is 3. The van der Waals surface area contributed by atoms with Gasteiger partial charge < -0.3 is 12.2 Å². The molecule has 0 aromatic carbocycles. The molecule has 1 saturated heterocycles. The van der Waals surface area contributed by atoms with Crippen LogP contribution in [-0.2, 0) is 12.2 Å². The van der Waals surface area contributed by atoms with Crippen LogP contribution >= 0.6 is 31.3 Å². The van der Waals surface area contributed by atoms with Crippen molar-refractivity contribution in [3.8, 4) is 0 Å². The van der Waals surface area contributed by atoms with E-state index < -0.39 is 0 Å². The minimum absolute atomic E-state index is 0.250. The molecule has 4 heteroatoms. The quantitative estimate of drug-likeness (QED) is 0.510. The Hall–Kier alpha value is 1.48. The lowest BCUT2D eigenvalue weighted by atomic mass is 9.83. The van der Waals surface area contributed by atoms with E-state index in [-0.39, 0.29) is 7.78 Å². The van der Waals surface area contributed by atoms with E-state index in [1.807, 2.05) is 0 Å². The summed E-state index contributed by atoms with van der Waals surface area (Å²) in [5.74, 6) is 3.53. The number of thioether (sulfide) groups is 2. The zero-order valence-corrected chi connectivity index (χ0v) is 11.5. The summed E-state index contributed by atoms with van der Waals surface area (Å²) in [6.45, 7) is 7.04. The third-order valence-corrected chi connectivity index (χ3v) is 8.97. The first-order chi connectivity index (χ1) is 5.54. The van der Waals surface area contributed by atoms with Gasteiger partial charge in [-0.05, 0) is 11.3 Å². The van der Waals surface area contributed by atoms with E-state index in [9.17, 15) is 0 Å². The summed E-state index contributed by atoms with van der Waals surface area (Å²) in [5, 5.41) is 0. The number of hydrogen-bond donors (Lipinski definition) is 0. The van der Waals surface area contributed by atoms with Crippen molar-refractivity contribution in [2.75, 3.05) is 11.5 Å². The SMILES string of the molecule is CC(C)(C)C1CSC([PH2+][S-])SC1. The van der Waals surface area contributed by atoms with Gasteiger partial charge in [-0.2, -0.15) is 0 Å². The molecule has 0 aliphatic carbocycles. The fourth-order valence-corrected chi connectivity index (χ4v) is 6.89. The van der Waals surface area contributed by atoms with Gasteiger partial charge >= 0.3 is 0 Å². The molecule has 1 atom stereocenters. The van der Waals surface area contributed by atoms with E-state index in [0.29, 0.717) is 5.41 Å². The topological polar surface area (TPSA) is 0 Å². The summed E-state index contributed by atoms with van der Waals surface area (Å²) in [6, 6.07) is 0. The van der Waals surface area contributed by atoms with Crippen LogP contribution in [0.3, 0.4) is 0 Å². The number of rotatable bonds is 1. The van der Waals surface area contributed by atoms with Crippen molar-refractivity contribution in [2.24, 2.45) is 11.3 Å². The van der Waals surface area contributed by atoms with Gasteiger partial charge in [-0.1, -0.05) is 20.8 Å². The lowest BCUT2D eigenvalue weighted by Gasteiger charge is -2.35. The highest BCUT2D eigenvalue weighted by Crippen LogP contribution is 2.46. The Kier molecular flexibility index (Phi) is 4.64. The van der Waals surface area contributed by atoms with Crippen molar-refractivity contribution < 1.29 is 0 Å². The van der Waals surface area contributed by atoms with Gasteiger partial charge in [0.05, 0.1) is 0 Å². The van der Waals surface area contributed by atoms with Crippen molar-refractivity contribution >= 4 is 43.6 Å². The van der Waals surface area contributed by atoms with Gasteiger partial charge in [0.15, 0.2) is 0 Å². The molecule has 1 fully saturated rings. The molecule has 0 aromatic rings. The van der Waals surface area contributed by atoms with Gasteiger partial charge in [0.1, 0.15) is 4.32 Å². The van der Waals surface area contributed by atoms with Gasteiger partial charge in [-0.3, -0.25) is 0 Å².